The Hall–Kier alpha value is -0.880. The normalized spacial score (nSPS) is 10.3. The maximum absolute atomic E-state index is 3.07. The minimum Gasteiger partial charge on any atom is -0.106 e. The first-order valence-corrected chi connectivity index (χ1v) is 3.69. The van der Waals surface area contributed by atoms with Crippen molar-refractivity contribution in [1.29, 1.82) is 0 Å². The maximum atomic E-state index is 3.07. The number of hydrogen-bond donors (Lipinski definition) is 0. The Morgan fingerprint density at radius 3 is 2.50 bits per heavy atom. The Bertz CT molecular complexity index is 180. The highest BCUT2D eigenvalue weighted by atomic mass is 13.9. The van der Waals surface area contributed by atoms with Crippen molar-refractivity contribution in [3.63, 3.8) is 0 Å². The smallest absolute Gasteiger partial charge is 0.0283 e. The fourth-order valence-corrected chi connectivity index (χ4v) is 0.648. The molecule has 54 valence electrons. The van der Waals surface area contributed by atoms with E-state index in [0.29, 0.717) is 5.92 Å². The zero-order valence-corrected chi connectivity index (χ0v) is 6.99. The summed E-state index contributed by atoms with van der Waals surface area (Å²) in [6.07, 6.45) is 1.86. The predicted octanol–water partition coefficient (Wildman–Crippen LogP) is 2.45. The molecule has 0 N–H and O–H groups in total. The van der Waals surface area contributed by atoms with E-state index in [1.165, 1.54) is 0 Å². The lowest BCUT2D eigenvalue weighted by molar-refractivity contribution is 0.788. The summed E-state index contributed by atoms with van der Waals surface area (Å²) in [5, 5.41) is 0. The first kappa shape index (κ1) is 9.12. The summed E-state index contributed by atoms with van der Waals surface area (Å²) < 4.78 is 0. The molecule has 0 heteroatoms. The van der Waals surface area contributed by atoms with E-state index in [4.69, 9.17) is 0 Å². The zero-order chi connectivity index (χ0) is 7.82. The fourth-order valence-electron chi connectivity index (χ4n) is 0.648. The predicted molar refractivity (Wildman–Crippen MR) is 45.3 cm³/mol. The van der Waals surface area contributed by atoms with Gasteiger partial charge in [0.05, 0.1) is 0 Å². The molecule has 0 amide bonds. The summed E-state index contributed by atoms with van der Waals surface area (Å²) in [4.78, 5) is 0. The van der Waals surface area contributed by atoms with Gasteiger partial charge in [0.1, 0.15) is 0 Å². The van der Waals surface area contributed by atoms with Crippen LogP contribution in [0.1, 0.15) is 33.6 Å². The van der Waals surface area contributed by atoms with E-state index >= 15 is 0 Å². The molecule has 0 spiro atoms. The number of rotatable bonds is 1. The molecule has 0 bridgehead atoms. The minimum absolute atomic E-state index is 0.434. The van der Waals surface area contributed by atoms with Crippen molar-refractivity contribution in [2.75, 3.05) is 0 Å². The van der Waals surface area contributed by atoms with Crippen LogP contribution < -0.4 is 0 Å². The molecule has 1 unspecified atom stereocenters. The third-order valence-electron chi connectivity index (χ3n) is 1.10. The van der Waals surface area contributed by atoms with Gasteiger partial charge in [0.15, 0.2) is 0 Å². The second kappa shape index (κ2) is 6.24. The Balaban J connectivity index is 3.55. The van der Waals surface area contributed by atoms with Gasteiger partial charge in [-0.3, -0.25) is 0 Å². The lowest BCUT2D eigenvalue weighted by Crippen LogP contribution is -1.85. The van der Waals surface area contributed by atoms with Crippen molar-refractivity contribution in [3.8, 4) is 23.7 Å². The van der Waals surface area contributed by atoms with Gasteiger partial charge in [-0.15, -0.1) is 17.8 Å². The lowest BCUT2D eigenvalue weighted by atomic mass is 10.1. The van der Waals surface area contributed by atoms with E-state index in [2.05, 4.69) is 37.5 Å². The molecule has 0 saturated carbocycles. The van der Waals surface area contributed by atoms with Crippen LogP contribution in [-0.4, -0.2) is 0 Å². The van der Waals surface area contributed by atoms with Crippen LogP contribution in [0.2, 0.25) is 0 Å². The summed E-state index contributed by atoms with van der Waals surface area (Å²) in [5.74, 6) is 12.4. The molecule has 0 rings (SSSR count). The zero-order valence-electron chi connectivity index (χ0n) is 6.99. The highest BCUT2D eigenvalue weighted by Gasteiger charge is 1.89. The third kappa shape index (κ3) is 5.26. The molecular formula is C10H14. The van der Waals surface area contributed by atoms with Crippen LogP contribution in [0, 0.1) is 29.6 Å². The second-order valence-corrected chi connectivity index (χ2v) is 2.21. The van der Waals surface area contributed by atoms with Crippen LogP contribution >= 0.6 is 0 Å². The van der Waals surface area contributed by atoms with Crippen LogP contribution in [0.4, 0.5) is 0 Å². The molecule has 0 saturated heterocycles. The molecule has 0 aromatic carbocycles. The van der Waals surface area contributed by atoms with E-state index in [1.54, 1.807) is 0 Å². The van der Waals surface area contributed by atoms with Crippen LogP contribution in [0.3, 0.4) is 0 Å². The summed E-state index contributed by atoms with van der Waals surface area (Å²) in [6, 6.07) is 0. The molecule has 0 aromatic heterocycles. The van der Waals surface area contributed by atoms with Gasteiger partial charge in [-0.1, -0.05) is 19.8 Å². The summed E-state index contributed by atoms with van der Waals surface area (Å²) in [7, 11) is 0. The molecule has 0 nitrogen and oxygen atoms in total. The second-order valence-electron chi connectivity index (χ2n) is 2.21. The van der Waals surface area contributed by atoms with E-state index in [1.807, 2.05) is 6.92 Å². The van der Waals surface area contributed by atoms with E-state index in [9.17, 15) is 0 Å². The van der Waals surface area contributed by atoms with Gasteiger partial charge in [0.25, 0.3) is 0 Å². The average molecular weight is 134 g/mol. The number of hydrogen-bond acceptors (Lipinski definition) is 0. The van der Waals surface area contributed by atoms with Crippen molar-refractivity contribution < 1.29 is 0 Å². The van der Waals surface area contributed by atoms with Gasteiger partial charge in [0, 0.05) is 18.8 Å². The Labute approximate surface area is 64.0 Å². The van der Waals surface area contributed by atoms with Crippen molar-refractivity contribution in [3.05, 3.63) is 0 Å². The molecule has 0 aliphatic rings. The fraction of sp³-hybridized carbons (Fsp3) is 0.600. The van der Waals surface area contributed by atoms with Crippen LogP contribution in [-0.2, 0) is 0 Å². The van der Waals surface area contributed by atoms with E-state index < -0.39 is 0 Å². The SMILES string of the molecule is CC#CC(C)CC#CCC. The van der Waals surface area contributed by atoms with Crippen LogP contribution in [0.15, 0.2) is 0 Å². The van der Waals surface area contributed by atoms with Crippen molar-refractivity contribution in [1.82, 2.24) is 0 Å². The molecule has 0 aliphatic heterocycles. The topological polar surface area (TPSA) is 0 Å². The third-order valence-corrected chi connectivity index (χ3v) is 1.10. The molecule has 10 heavy (non-hydrogen) atoms. The van der Waals surface area contributed by atoms with Crippen molar-refractivity contribution in [2.45, 2.75) is 33.6 Å². The highest BCUT2D eigenvalue weighted by molar-refractivity contribution is 5.06. The van der Waals surface area contributed by atoms with E-state index in [0.717, 1.165) is 12.8 Å². The molecule has 0 aliphatic carbocycles. The van der Waals surface area contributed by atoms with Gasteiger partial charge < -0.3 is 0 Å². The molecule has 0 heterocycles. The summed E-state index contributed by atoms with van der Waals surface area (Å²) in [5.41, 5.74) is 0. The lowest BCUT2D eigenvalue weighted by Gasteiger charge is -1.92. The molecule has 0 radical (unpaired) electrons. The molecule has 1 atom stereocenters. The standard InChI is InChI=1S/C10H14/c1-4-6-7-9-10(3)8-5-2/h10H,4,9H2,1-3H3. The van der Waals surface area contributed by atoms with Gasteiger partial charge >= 0.3 is 0 Å². The van der Waals surface area contributed by atoms with Crippen LogP contribution in [0.25, 0.3) is 0 Å². The summed E-state index contributed by atoms with van der Waals surface area (Å²) in [6.45, 7) is 6.02. The van der Waals surface area contributed by atoms with E-state index in [-0.39, 0.29) is 0 Å². The van der Waals surface area contributed by atoms with Gasteiger partial charge in [-0.2, -0.15) is 0 Å². The highest BCUT2D eigenvalue weighted by Crippen LogP contribution is 1.96. The maximum Gasteiger partial charge on any atom is 0.0283 e. The minimum atomic E-state index is 0.434. The molecule has 0 aromatic rings. The first-order chi connectivity index (χ1) is 4.81. The molecule has 0 fully saturated rings. The average Bonchev–Trinajstić information content (AvgIpc) is 1.89. The van der Waals surface area contributed by atoms with Crippen LogP contribution in [0.5, 0.6) is 0 Å². The van der Waals surface area contributed by atoms with Gasteiger partial charge in [-0.05, 0) is 6.92 Å². The quantitative estimate of drug-likeness (QED) is 0.483. The monoisotopic (exact) mass is 134 g/mol. The Kier molecular flexibility index (Phi) is 5.69. The van der Waals surface area contributed by atoms with Crippen molar-refractivity contribution >= 4 is 0 Å². The Morgan fingerprint density at radius 1 is 1.30 bits per heavy atom. The Morgan fingerprint density at radius 2 is 2.00 bits per heavy atom. The summed E-state index contributed by atoms with van der Waals surface area (Å²) >= 11 is 0. The first-order valence-electron chi connectivity index (χ1n) is 3.69. The largest absolute Gasteiger partial charge is 0.106 e. The van der Waals surface area contributed by atoms with Gasteiger partial charge in [0.2, 0.25) is 0 Å². The molecular weight excluding hydrogens is 120 g/mol. The van der Waals surface area contributed by atoms with Crippen molar-refractivity contribution in [2.24, 2.45) is 5.92 Å². The van der Waals surface area contributed by atoms with Gasteiger partial charge in [-0.25, -0.2) is 0 Å².